The molecule has 1 aliphatic rings. The maximum atomic E-state index is 12.5. The topological polar surface area (TPSA) is 76.6 Å². The van der Waals surface area contributed by atoms with Crippen LogP contribution in [0, 0.1) is 6.92 Å². The maximum absolute atomic E-state index is 12.5. The molecule has 1 saturated heterocycles. The van der Waals surface area contributed by atoms with E-state index in [2.05, 4.69) is 15.5 Å². The van der Waals surface area contributed by atoms with Crippen LogP contribution in [0.5, 0.6) is 11.6 Å². The van der Waals surface area contributed by atoms with E-state index in [4.69, 9.17) is 9.47 Å². The molecule has 1 aliphatic heterocycles. The minimum atomic E-state index is -0.127. The number of hydrogen-bond donors (Lipinski definition) is 1. The molecule has 0 bridgehead atoms. The van der Waals surface area contributed by atoms with Gasteiger partial charge in [-0.3, -0.25) is 0 Å². The molecule has 0 saturated carbocycles. The number of urea groups is 1. The zero-order valence-corrected chi connectivity index (χ0v) is 15.1. The van der Waals surface area contributed by atoms with Crippen molar-refractivity contribution in [1.82, 2.24) is 15.1 Å². The first-order valence-corrected chi connectivity index (χ1v) is 8.90. The van der Waals surface area contributed by atoms with Gasteiger partial charge in [0.1, 0.15) is 11.9 Å². The molecule has 1 aromatic carbocycles. The van der Waals surface area contributed by atoms with Crippen LogP contribution >= 0.6 is 0 Å². The van der Waals surface area contributed by atoms with Gasteiger partial charge in [-0.2, -0.15) is 5.10 Å². The molecule has 2 heterocycles. The first kappa shape index (κ1) is 18.0. The van der Waals surface area contributed by atoms with E-state index in [9.17, 15) is 4.79 Å². The number of ether oxygens (including phenoxy) is 2. The van der Waals surface area contributed by atoms with E-state index in [1.165, 1.54) is 0 Å². The van der Waals surface area contributed by atoms with Gasteiger partial charge in [-0.05, 0) is 57.0 Å². The fourth-order valence-corrected chi connectivity index (χ4v) is 2.84. The summed E-state index contributed by atoms with van der Waals surface area (Å²) < 4.78 is 11.3. The normalized spacial score (nSPS) is 16.8. The summed E-state index contributed by atoms with van der Waals surface area (Å²) in [4.78, 5) is 14.3. The van der Waals surface area contributed by atoms with Crippen LogP contribution in [0.4, 0.5) is 10.5 Å². The van der Waals surface area contributed by atoms with Gasteiger partial charge in [0.2, 0.25) is 5.88 Å². The number of likely N-dealkylation sites (tertiary alicyclic amines) is 1. The number of piperidine rings is 1. The van der Waals surface area contributed by atoms with Crippen LogP contribution in [-0.2, 0) is 0 Å². The lowest BCUT2D eigenvalue weighted by Crippen LogP contribution is -2.46. The van der Waals surface area contributed by atoms with Crippen molar-refractivity contribution in [3.63, 3.8) is 0 Å². The van der Waals surface area contributed by atoms with Gasteiger partial charge in [0.15, 0.2) is 0 Å². The Labute approximate surface area is 153 Å². The van der Waals surface area contributed by atoms with Gasteiger partial charge in [-0.25, -0.2) is 4.79 Å². The van der Waals surface area contributed by atoms with Crippen molar-refractivity contribution < 1.29 is 14.3 Å². The molecule has 1 fully saturated rings. The Morgan fingerprint density at radius 1 is 1.23 bits per heavy atom. The van der Waals surface area contributed by atoms with Gasteiger partial charge in [0.05, 0.1) is 18.8 Å². The van der Waals surface area contributed by atoms with Gasteiger partial charge in [0.25, 0.3) is 0 Å². The Balaban J connectivity index is 1.54. The molecule has 2 amide bonds. The predicted molar refractivity (Wildman–Crippen MR) is 98.6 cm³/mol. The molecule has 1 unspecified atom stereocenters. The SMILES string of the molecule is CCOc1ccc(NC(=O)N2CCCC(Oc3ccc(C)nn3)C2)cc1. The molecular weight excluding hydrogens is 332 g/mol. The van der Waals surface area contributed by atoms with Gasteiger partial charge in [-0.15, -0.1) is 5.10 Å². The molecule has 0 aliphatic carbocycles. The number of anilines is 1. The molecule has 1 N–H and O–H groups in total. The van der Waals surface area contributed by atoms with Crippen LogP contribution in [0.1, 0.15) is 25.5 Å². The number of aromatic nitrogens is 2. The summed E-state index contributed by atoms with van der Waals surface area (Å²) in [6.45, 7) is 5.67. The minimum Gasteiger partial charge on any atom is -0.494 e. The number of nitrogens with zero attached hydrogens (tertiary/aromatic N) is 3. The number of rotatable bonds is 5. The minimum absolute atomic E-state index is 0.0770. The number of amides is 2. The van der Waals surface area contributed by atoms with Crippen molar-refractivity contribution in [2.24, 2.45) is 0 Å². The average molecular weight is 356 g/mol. The lowest BCUT2D eigenvalue weighted by atomic mass is 10.1. The zero-order valence-electron chi connectivity index (χ0n) is 15.1. The molecule has 138 valence electrons. The van der Waals surface area contributed by atoms with E-state index < -0.39 is 0 Å². The van der Waals surface area contributed by atoms with Crippen LogP contribution in [0.2, 0.25) is 0 Å². The Hall–Kier alpha value is -2.83. The summed E-state index contributed by atoms with van der Waals surface area (Å²) in [5.74, 6) is 1.28. The Morgan fingerprint density at radius 3 is 2.73 bits per heavy atom. The maximum Gasteiger partial charge on any atom is 0.321 e. The third-order valence-electron chi connectivity index (χ3n) is 4.14. The van der Waals surface area contributed by atoms with Crippen molar-refractivity contribution in [1.29, 1.82) is 0 Å². The molecule has 2 aromatic rings. The van der Waals surface area contributed by atoms with Crippen LogP contribution in [0.25, 0.3) is 0 Å². The summed E-state index contributed by atoms with van der Waals surface area (Å²) in [7, 11) is 0. The smallest absolute Gasteiger partial charge is 0.321 e. The van der Waals surface area contributed by atoms with E-state index in [0.717, 1.165) is 30.0 Å². The highest BCUT2D eigenvalue weighted by Gasteiger charge is 2.25. The molecule has 0 spiro atoms. The first-order chi connectivity index (χ1) is 12.6. The molecule has 1 atom stereocenters. The summed E-state index contributed by atoms with van der Waals surface area (Å²) in [5, 5.41) is 10.9. The van der Waals surface area contributed by atoms with E-state index in [1.807, 2.05) is 44.2 Å². The van der Waals surface area contributed by atoms with Crippen molar-refractivity contribution in [3.05, 3.63) is 42.1 Å². The Kier molecular flexibility index (Phi) is 5.88. The third-order valence-corrected chi connectivity index (χ3v) is 4.14. The second-order valence-electron chi connectivity index (χ2n) is 6.23. The van der Waals surface area contributed by atoms with E-state index in [1.54, 1.807) is 11.0 Å². The van der Waals surface area contributed by atoms with Crippen LogP contribution in [0.3, 0.4) is 0 Å². The quantitative estimate of drug-likeness (QED) is 0.890. The van der Waals surface area contributed by atoms with Crippen LogP contribution in [-0.4, -0.2) is 46.9 Å². The van der Waals surface area contributed by atoms with E-state index >= 15 is 0 Å². The lowest BCUT2D eigenvalue weighted by molar-refractivity contribution is 0.102. The monoisotopic (exact) mass is 356 g/mol. The van der Waals surface area contributed by atoms with Gasteiger partial charge in [-0.1, -0.05) is 0 Å². The average Bonchev–Trinajstić information content (AvgIpc) is 2.66. The van der Waals surface area contributed by atoms with Gasteiger partial charge in [0, 0.05) is 18.3 Å². The van der Waals surface area contributed by atoms with Crippen molar-refractivity contribution in [2.45, 2.75) is 32.8 Å². The number of hydrogen-bond acceptors (Lipinski definition) is 5. The second-order valence-corrected chi connectivity index (χ2v) is 6.23. The fraction of sp³-hybridized carbons (Fsp3) is 0.421. The summed E-state index contributed by atoms with van der Waals surface area (Å²) >= 11 is 0. The third kappa shape index (κ3) is 4.84. The fourth-order valence-electron chi connectivity index (χ4n) is 2.84. The first-order valence-electron chi connectivity index (χ1n) is 8.90. The number of carbonyl (C=O) groups is 1. The van der Waals surface area contributed by atoms with Crippen molar-refractivity contribution in [2.75, 3.05) is 25.0 Å². The summed E-state index contributed by atoms with van der Waals surface area (Å²) in [6, 6.07) is 10.9. The predicted octanol–water partition coefficient (Wildman–Crippen LogP) is 3.26. The number of aryl methyl sites for hydroxylation is 1. The van der Waals surface area contributed by atoms with E-state index in [-0.39, 0.29) is 12.1 Å². The number of carbonyl (C=O) groups excluding carboxylic acids is 1. The largest absolute Gasteiger partial charge is 0.494 e. The molecule has 0 radical (unpaired) electrons. The molecule has 3 rings (SSSR count). The van der Waals surface area contributed by atoms with Crippen molar-refractivity contribution in [3.8, 4) is 11.6 Å². The number of benzene rings is 1. The second kappa shape index (κ2) is 8.51. The van der Waals surface area contributed by atoms with Crippen molar-refractivity contribution >= 4 is 11.7 Å². The Morgan fingerprint density at radius 2 is 2.04 bits per heavy atom. The molecule has 26 heavy (non-hydrogen) atoms. The highest BCUT2D eigenvalue weighted by atomic mass is 16.5. The molecule has 1 aromatic heterocycles. The lowest BCUT2D eigenvalue weighted by Gasteiger charge is -2.32. The van der Waals surface area contributed by atoms with E-state index in [0.29, 0.717) is 25.6 Å². The van der Waals surface area contributed by atoms with Gasteiger partial charge >= 0.3 is 6.03 Å². The van der Waals surface area contributed by atoms with Crippen LogP contribution in [0.15, 0.2) is 36.4 Å². The molecular formula is C19H24N4O3. The molecule has 7 heteroatoms. The number of nitrogens with one attached hydrogen (secondary N) is 1. The molecule has 7 nitrogen and oxygen atoms in total. The zero-order chi connectivity index (χ0) is 18.4. The highest BCUT2D eigenvalue weighted by Crippen LogP contribution is 2.19. The summed E-state index contributed by atoms with van der Waals surface area (Å²) in [5.41, 5.74) is 1.59. The van der Waals surface area contributed by atoms with Crippen LogP contribution < -0.4 is 14.8 Å². The van der Waals surface area contributed by atoms with Gasteiger partial charge < -0.3 is 19.7 Å². The standard InChI is InChI=1S/C19H24N4O3/c1-3-25-16-9-7-15(8-10-16)20-19(24)23-12-4-5-17(13-23)26-18-11-6-14(2)21-22-18/h6-11,17H,3-5,12-13H2,1-2H3,(H,20,24). The Bertz CT molecular complexity index is 719. The highest BCUT2D eigenvalue weighted by molar-refractivity contribution is 5.89. The summed E-state index contributed by atoms with van der Waals surface area (Å²) in [6.07, 6.45) is 1.70.